The maximum atomic E-state index is 6.00. The summed E-state index contributed by atoms with van der Waals surface area (Å²) in [6.45, 7) is 1.63. The summed E-state index contributed by atoms with van der Waals surface area (Å²) in [4.78, 5) is 2.21. The highest BCUT2D eigenvalue weighted by Gasteiger charge is 2.07. The average Bonchev–Trinajstić information content (AvgIpc) is 2.37. The smallest absolute Gasteiger partial charge is 0.0410 e. The molecule has 0 atom stereocenters. The third-order valence-electron chi connectivity index (χ3n) is 2.94. The van der Waals surface area contributed by atoms with Crippen molar-refractivity contribution in [1.82, 2.24) is 4.90 Å². The highest BCUT2D eigenvalue weighted by atomic mass is 79.9. The van der Waals surface area contributed by atoms with Crippen molar-refractivity contribution in [2.75, 3.05) is 12.8 Å². The fourth-order valence-corrected chi connectivity index (χ4v) is 2.58. The third-order valence-corrected chi connectivity index (χ3v) is 3.95. The van der Waals surface area contributed by atoms with E-state index < -0.39 is 0 Å². The number of rotatable bonds is 4. The lowest BCUT2D eigenvalue weighted by Crippen LogP contribution is -2.18. The van der Waals surface area contributed by atoms with E-state index in [0.29, 0.717) is 0 Å². The number of anilines is 1. The van der Waals surface area contributed by atoms with Crippen molar-refractivity contribution in [3.8, 4) is 0 Å². The Bertz CT molecular complexity index is 572. The molecule has 0 radical (unpaired) electrons. The molecule has 2 aromatic rings. The summed E-state index contributed by atoms with van der Waals surface area (Å²) in [6.07, 6.45) is 0. The van der Waals surface area contributed by atoms with Gasteiger partial charge in [-0.25, -0.2) is 0 Å². The Morgan fingerprint density at radius 1 is 1.11 bits per heavy atom. The van der Waals surface area contributed by atoms with Crippen LogP contribution in [0.15, 0.2) is 46.9 Å². The first kappa shape index (κ1) is 14.4. The van der Waals surface area contributed by atoms with Crippen LogP contribution in [0.3, 0.4) is 0 Å². The van der Waals surface area contributed by atoms with Crippen LogP contribution in [0.25, 0.3) is 0 Å². The zero-order valence-electron chi connectivity index (χ0n) is 10.7. The quantitative estimate of drug-likeness (QED) is 0.841. The second-order valence-corrected chi connectivity index (χ2v) is 5.90. The fourth-order valence-electron chi connectivity index (χ4n) is 1.98. The van der Waals surface area contributed by atoms with Gasteiger partial charge in [-0.3, -0.25) is 4.90 Å². The molecule has 4 heteroatoms. The number of hydrogen-bond acceptors (Lipinski definition) is 2. The van der Waals surface area contributed by atoms with E-state index in [0.717, 1.165) is 33.8 Å². The molecule has 100 valence electrons. The van der Waals surface area contributed by atoms with Crippen molar-refractivity contribution in [2.24, 2.45) is 0 Å². The molecule has 0 aliphatic carbocycles. The predicted octanol–water partition coefficient (Wildman–Crippen LogP) is 4.32. The second-order valence-electron chi connectivity index (χ2n) is 4.61. The Kier molecular flexibility index (Phi) is 4.86. The molecule has 0 aliphatic heterocycles. The van der Waals surface area contributed by atoms with Crippen molar-refractivity contribution in [3.63, 3.8) is 0 Å². The van der Waals surface area contributed by atoms with Crippen molar-refractivity contribution >= 4 is 33.2 Å². The van der Waals surface area contributed by atoms with E-state index in [1.54, 1.807) is 0 Å². The molecule has 0 unspecified atom stereocenters. The summed E-state index contributed by atoms with van der Waals surface area (Å²) in [7, 11) is 2.07. The van der Waals surface area contributed by atoms with Gasteiger partial charge in [-0.05, 0) is 42.4 Å². The normalized spacial score (nSPS) is 10.9. The topological polar surface area (TPSA) is 29.3 Å². The lowest BCUT2D eigenvalue weighted by atomic mass is 10.1. The van der Waals surface area contributed by atoms with Crippen LogP contribution in [0.2, 0.25) is 5.02 Å². The number of nitrogens with zero attached hydrogens (tertiary/aromatic N) is 1. The van der Waals surface area contributed by atoms with Crippen LogP contribution in [0, 0.1) is 0 Å². The molecular formula is C15H16BrClN2. The predicted molar refractivity (Wildman–Crippen MR) is 85.2 cm³/mol. The summed E-state index contributed by atoms with van der Waals surface area (Å²) in [5, 5.41) is 0.721. The molecule has 0 heterocycles. The Hall–Kier alpha value is -1.03. The summed E-state index contributed by atoms with van der Waals surface area (Å²) in [5.74, 6) is 0. The van der Waals surface area contributed by atoms with Crippen molar-refractivity contribution in [2.45, 2.75) is 13.1 Å². The standard InChI is InChI=1S/C15H16BrClN2/c1-19(9-11-4-2-3-5-14(11)16)10-12-8-13(17)6-7-15(12)18/h2-8H,9-10,18H2,1H3. The lowest BCUT2D eigenvalue weighted by Gasteiger charge is -2.19. The summed E-state index contributed by atoms with van der Waals surface area (Å²) < 4.78 is 1.13. The molecule has 0 bridgehead atoms. The molecule has 0 fully saturated rings. The van der Waals surface area contributed by atoms with Gasteiger partial charge in [0.2, 0.25) is 0 Å². The van der Waals surface area contributed by atoms with E-state index in [4.69, 9.17) is 17.3 Å². The van der Waals surface area contributed by atoms with E-state index in [9.17, 15) is 0 Å². The summed E-state index contributed by atoms with van der Waals surface area (Å²) in [6, 6.07) is 13.8. The van der Waals surface area contributed by atoms with Crippen molar-refractivity contribution in [1.29, 1.82) is 0 Å². The minimum Gasteiger partial charge on any atom is -0.398 e. The molecule has 0 saturated carbocycles. The van der Waals surface area contributed by atoms with Gasteiger partial charge in [0.25, 0.3) is 0 Å². The van der Waals surface area contributed by atoms with Gasteiger partial charge in [0.1, 0.15) is 0 Å². The van der Waals surface area contributed by atoms with Crippen LogP contribution in [-0.4, -0.2) is 11.9 Å². The van der Waals surface area contributed by atoms with E-state index in [1.807, 2.05) is 30.3 Å². The minimum absolute atomic E-state index is 0.721. The van der Waals surface area contributed by atoms with Crippen LogP contribution in [-0.2, 0) is 13.1 Å². The Morgan fingerprint density at radius 2 is 1.79 bits per heavy atom. The second kappa shape index (κ2) is 6.42. The summed E-state index contributed by atoms with van der Waals surface area (Å²) >= 11 is 9.57. The number of nitrogens with two attached hydrogens (primary N) is 1. The van der Waals surface area contributed by atoms with Crippen molar-refractivity contribution < 1.29 is 0 Å². The molecule has 0 amide bonds. The Balaban J connectivity index is 2.07. The Labute approximate surface area is 127 Å². The average molecular weight is 340 g/mol. The first-order valence-corrected chi connectivity index (χ1v) is 7.19. The van der Waals surface area contributed by atoms with Crippen LogP contribution in [0.1, 0.15) is 11.1 Å². The molecule has 2 aromatic carbocycles. The van der Waals surface area contributed by atoms with Gasteiger partial charge in [-0.1, -0.05) is 45.7 Å². The highest BCUT2D eigenvalue weighted by Crippen LogP contribution is 2.21. The van der Waals surface area contributed by atoms with Crippen LogP contribution < -0.4 is 5.73 Å². The zero-order valence-corrected chi connectivity index (χ0v) is 13.1. The number of hydrogen-bond donors (Lipinski definition) is 1. The first-order chi connectivity index (χ1) is 9.06. The molecule has 2 nitrogen and oxygen atoms in total. The van der Waals surface area contributed by atoms with Gasteiger partial charge >= 0.3 is 0 Å². The van der Waals surface area contributed by atoms with Gasteiger partial charge in [0, 0.05) is 28.3 Å². The number of nitrogen functional groups attached to an aromatic ring is 1. The zero-order chi connectivity index (χ0) is 13.8. The van der Waals surface area contributed by atoms with Crippen LogP contribution >= 0.6 is 27.5 Å². The van der Waals surface area contributed by atoms with E-state index in [-0.39, 0.29) is 0 Å². The number of halogens is 2. The van der Waals surface area contributed by atoms with Gasteiger partial charge in [0.05, 0.1) is 0 Å². The van der Waals surface area contributed by atoms with Crippen LogP contribution in [0.4, 0.5) is 5.69 Å². The van der Waals surface area contributed by atoms with E-state index in [1.165, 1.54) is 5.56 Å². The molecule has 0 aliphatic rings. The van der Waals surface area contributed by atoms with E-state index >= 15 is 0 Å². The third kappa shape index (κ3) is 3.96. The van der Waals surface area contributed by atoms with Gasteiger partial charge in [-0.2, -0.15) is 0 Å². The molecule has 0 saturated heterocycles. The maximum absolute atomic E-state index is 6.00. The monoisotopic (exact) mass is 338 g/mol. The van der Waals surface area contributed by atoms with Crippen molar-refractivity contribution in [3.05, 3.63) is 63.1 Å². The van der Waals surface area contributed by atoms with Crippen LogP contribution in [0.5, 0.6) is 0 Å². The highest BCUT2D eigenvalue weighted by molar-refractivity contribution is 9.10. The molecular weight excluding hydrogens is 324 g/mol. The Morgan fingerprint density at radius 3 is 2.53 bits per heavy atom. The van der Waals surface area contributed by atoms with Gasteiger partial charge in [0.15, 0.2) is 0 Å². The van der Waals surface area contributed by atoms with Gasteiger partial charge in [-0.15, -0.1) is 0 Å². The lowest BCUT2D eigenvalue weighted by molar-refractivity contribution is 0.319. The molecule has 2 rings (SSSR count). The SMILES string of the molecule is CN(Cc1cc(Cl)ccc1N)Cc1ccccc1Br. The molecule has 0 aromatic heterocycles. The van der Waals surface area contributed by atoms with Gasteiger partial charge < -0.3 is 5.73 Å². The largest absolute Gasteiger partial charge is 0.398 e. The minimum atomic E-state index is 0.721. The molecule has 2 N–H and O–H groups in total. The van der Waals surface area contributed by atoms with E-state index in [2.05, 4.69) is 40.0 Å². The fraction of sp³-hybridized carbons (Fsp3) is 0.200. The summed E-state index contributed by atoms with van der Waals surface area (Å²) in [5.41, 5.74) is 9.06. The molecule has 19 heavy (non-hydrogen) atoms. The molecule has 0 spiro atoms. The number of benzene rings is 2. The first-order valence-electron chi connectivity index (χ1n) is 6.02. The maximum Gasteiger partial charge on any atom is 0.0410 e.